The highest BCUT2D eigenvalue weighted by Gasteiger charge is 2.35. The molecule has 36 heavy (non-hydrogen) atoms. The van der Waals surface area contributed by atoms with Crippen LogP contribution in [0.3, 0.4) is 0 Å². The standard InChI is InChI=1S/C29H25F3N4/c1-34-14-16-35(17-15-34)23-9-11-24(12-10-23)36-27(19-28(33-36)29(30,31)32)22-8-13-26-21(18-22)7-6-20-4-2-3-5-25(20)26/h2-13,18-19H,14-17H2,1H3. The van der Waals surface area contributed by atoms with E-state index in [1.807, 2.05) is 66.7 Å². The van der Waals surface area contributed by atoms with Crippen LogP contribution in [0.15, 0.2) is 84.9 Å². The Balaban J connectivity index is 1.42. The summed E-state index contributed by atoms with van der Waals surface area (Å²) in [6.45, 7) is 3.81. The number of alkyl halides is 3. The Morgan fingerprint density at radius 1 is 0.694 bits per heavy atom. The number of benzene rings is 4. The highest BCUT2D eigenvalue weighted by Crippen LogP contribution is 2.35. The second kappa shape index (κ2) is 8.68. The third kappa shape index (κ3) is 4.09. The molecule has 0 atom stereocenters. The van der Waals surface area contributed by atoms with Gasteiger partial charge in [-0.1, -0.05) is 48.5 Å². The lowest BCUT2D eigenvalue weighted by Crippen LogP contribution is -2.44. The lowest BCUT2D eigenvalue weighted by molar-refractivity contribution is -0.141. The molecule has 0 radical (unpaired) electrons. The maximum Gasteiger partial charge on any atom is 0.435 e. The molecule has 0 aliphatic carbocycles. The fraction of sp³-hybridized carbons (Fsp3) is 0.207. The maximum atomic E-state index is 13.7. The third-order valence-corrected chi connectivity index (χ3v) is 7.00. The Labute approximate surface area is 207 Å². The van der Waals surface area contributed by atoms with Gasteiger partial charge in [0.15, 0.2) is 5.69 Å². The summed E-state index contributed by atoms with van der Waals surface area (Å²) in [6.07, 6.45) is -4.53. The Bertz CT molecular complexity index is 1550. The molecule has 4 nitrogen and oxygen atoms in total. The fourth-order valence-electron chi connectivity index (χ4n) is 4.96. The molecule has 0 unspecified atom stereocenters. The van der Waals surface area contributed by atoms with Gasteiger partial charge in [0.2, 0.25) is 0 Å². The first-order valence-corrected chi connectivity index (χ1v) is 12.0. The van der Waals surface area contributed by atoms with Gasteiger partial charge in [-0.05, 0) is 65.0 Å². The molecular formula is C29H25F3N4. The van der Waals surface area contributed by atoms with Crippen molar-refractivity contribution in [1.82, 2.24) is 14.7 Å². The van der Waals surface area contributed by atoms with Crippen LogP contribution in [-0.4, -0.2) is 47.9 Å². The number of halogens is 3. The van der Waals surface area contributed by atoms with Crippen LogP contribution >= 0.6 is 0 Å². The van der Waals surface area contributed by atoms with E-state index in [2.05, 4.69) is 34.1 Å². The monoisotopic (exact) mass is 486 g/mol. The molecular weight excluding hydrogens is 461 g/mol. The number of piperazine rings is 1. The number of anilines is 1. The third-order valence-electron chi connectivity index (χ3n) is 7.00. The molecule has 1 aliphatic heterocycles. The summed E-state index contributed by atoms with van der Waals surface area (Å²) in [4.78, 5) is 4.58. The van der Waals surface area contributed by atoms with Crippen molar-refractivity contribution in [2.75, 3.05) is 38.1 Å². The average Bonchev–Trinajstić information content (AvgIpc) is 3.35. The van der Waals surface area contributed by atoms with E-state index in [9.17, 15) is 13.2 Å². The molecule has 1 aliphatic rings. The van der Waals surface area contributed by atoms with Gasteiger partial charge < -0.3 is 9.80 Å². The lowest BCUT2D eigenvalue weighted by Gasteiger charge is -2.34. The van der Waals surface area contributed by atoms with Crippen LogP contribution in [-0.2, 0) is 6.18 Å². The van der Waals surface area contributed by atoms with Crippen molar-refractivity contribution in [3.05, 3.63) is 90.6 Å². The number of fused-ring (bicyclic) bond motifs is 3. The Morgan fingerprint density at radius 2 is 1.36 bits per heavy atom. The van der Waals surface area contributed by atoms with Gasteiger partial charge in [0.1, 0.15) is 0 Å². The molecule has 1 aromatic heterocycles. The van der Waals surface area contributed by atoms with E-state index in [1.165, 1.54) is 4.68 Å². The number of hydrogen-bond acceptors (Lipinski definition) is 3. The van der Waals surface area contributed by atoms with Crippen molar-refractivity contribution in [3.63, 3.8) is 0 Å². The van der Waals surface area contributed by atoms with Crippen LogP contribution < -0.4 is 4.90 Å². The van der Waals surface area contributed by atoms with E-state index in [0.717, 1.165) is 59.5 Å². The van der Waals surface area contributed by atoms with Crippen molar-refractivity contribution in [1.29, 1.82) is 0 Å². The quantitative estimate of drug-likeness (QED) is 0.268. The Kier molecular flexibility index (Phi) is 5.45. The zero-order chi connectivity index (χ0) is 24.9. The minimum absolute atomic E-state index is 0.407. The summed E-state index contributed by atoms with van der Waals surface area (Å²) >= 11 is 0. The minimum Gasteiger partial charge on any atom is -0.369 e. The zero-order valence-electron chi connectivity index (χ0n) is 19.8. The summed E-state index contributed by atoms with van der Waals surface area (Å²) < 4.78 is 42.5. The molecule has 0 N–H and O–H groups in total. The first-order valence-electron chi connectivity index (χ1n) is 12.0. The average molecular weight is 487 g/mol. The topological polar surface area (TPSA) is 24.3 Å². The molecule has 2 heterocycles. The molecule has 5 aromatic rings. The minimum atomic E-state index is -4.53. The van der Waals surface area contributed by atoms with Gasteiger partial charge in [0.25, 0.3) is 0 Å². The second-order valence-electron chi connectivity index (χ2n) is 9.35. The number of aromatic nitrogens is 2. The Hall–Kier alpha value is -3.84. The molecule has 1 saturated heterocycles. The van der Waals surface area contributed by atoms with Gasteiger partial charge in [0, 0.05) is 37.4 Å². The molecule has 6 rings (SSSR count). The summed E-state index contributed by atoms with van der Waals surface area (Å²) in [5, 5.41) is 8.26. The van der Waals surface area contributed by atoms with E-state index in [4.69, 9.17) is 0 Å². The fourth-order valence-corrected chi connectivity index (χ4v) is 4.96. The van der Waals surface area contributed by atoms with E-state index in [0.29, 0.717) is 16.9 Å². The number of nitrogens with zero attached hydrogens (tertiary/aromatic N) is 4. The number of rotatable bonds is 3. The highest BCUT2D eigenvalue weighted by atomic mass is 19.4. The van der Waals surface area contributed by atoms with E-state index < -0.39 is 11.9 Å². The molecule has 7 heteroatoms. The Morgan fingerprint density at radius 3 is 2.11 bits per heavy atom. The summed E-state index contributed by atoms with van der Waals surface area (Å²) in [5.74, 6) is 0. The van der Waals surface area contributed by atoms with Crippen molar-refractivity contribution < 1.29 is 13.2 Å². The summed E-state index contributed by atoms with van der Waals surface area (Å²) in [7, 11) is 2.10. The van der Waals surface area contributed by atoms with E-state index in [-0.39, 0.29) is 0 Å². The first kappa shape index (κ1) is 22.6. The maximum absolute atomic E-state index is 13.7. The van der Waals surface area contributed by atoms with Crippen molar-refractivity contribution in [3.8, 4) is 16.9 Å². The molecule has 0 spiro atoms. The van der Waals surface area contributed by atoms with Crippen LogP contribution in [0.5, 0.6) is 0 Å². The van der Waals surface area contributed by atoms with Crippen LogP contribution in [0.4, 0.5) is 18.9 Å². The normalized spacial score (nSPS) is 15.2. The van der Waals surface area contributed by atoms with Crippen LogP contribution in [0.1, 0.15) is 5.69 Å². The highest BCUT2D eigenvalue weighted by molar-refractivity contribution is 6.08. The van der Waals surface area contributed by atoms with Crippen LogP contribution in [0, 0.1) is 0 Å². The SMILES string of the molecule is CN1CCN(c2ccc(-n3nc(C(F)(F)F)cc3-c3ccc4c(ccc5ccccc54)c3)cc2)CC1. The van der Waals surface area contributed by atoms with Gasteiger partial charge in [-0.15, -0.1) is 0 Å². The van der Waals surface area contributed by atoms with Gasteiger partial charge in [-0.2, -0.15) is 18.3 Å². The van der Waals surface area contributed by atoms with Gasteiger partial charge in [-0.3, -0.25) is 0 Å². The summed E-state index contributed by atoms with van der Waals surface area (Å²) in [5.41, 5.74) is 1.85. The zero-order valence-corrected chi connectivity index (χ0v) is 19.8. The van der Waals surface area contributed by atoms with Gasteiger partial charge in [-0.25, -0.2) is 4.68 Å². The van der Waals surface area contributed by atoms with Crippen molar-refractivity contribution in [2.24, 2.45) is 0 Å². The summed E-state index contributed by atoms with van der Waals surface area (Å²) in [6, 6.07) is 26.7. The van der Waals surface area contributed by atoms with Crippen molar-refractivity contribution >= 4 is 27.2 Å². The van der Waals surface area contributed by atoms with E-state index in [1.54, 1.807) is 0 Å². The number of hydrogen-bond donors (Lipinski definition) is 0. The van der Waals surface area contributed by atoms with Crippen molar-refractivity contribution in [2.45, 2.75) is 6.18 Å². The predicted molar refractivity (Wildman–Crippen MR) is 139 cm³/mol. The van der Waals surface area contributed by atoms with Gasteiger partial charge >= 0.3 is 6.18 Å². The molecule has 1 fully saturated rings. The van der Waals surface area contributed by atoms with Gasteiger partial charge in [0.05, 0.1) is 11.4 Å². The largest absolute Gasteiger partial charge is 0.435 e. The lowest BCUT2D eigenvalue weighted by atomic mass is 9.99. The number of likely N-dealkylation sites (N-methyl/N-ethyl adjacent to an activating group) is 1. The van der Waals surface area contributed by atoms with Crippen LogP contribution in [0.25, 0.3) is 38.5 Å². The van der Waals surface area contributed by atoms with Crippen LogP contribution in [0.2, 0.25) is 0 Å². The predicted octanol–water partition coefficient (Wildman–Crippen LogP) is 6.62. The first-order chi connectivity index (χ1) is 17.4. The second-order valence-corrected chi connectivity index (χ2v) is 9.35. The molecule has 182 valence electrons. The molecule has 0 saturated carbocycles. The molecule has 0 amide bonds. The molecule has 0 bridgehead atoms. The molecule has 4 aromatic carbocycles. The smallest absolute Gasteiger partial charge is 0.369 e. The van der Waals surface area contributed by atoms with E-state index >= 15 is 0 Å².